The average Bonchev–Trinajstić information content (AvgIpc) is 3.16. The Morgan fingerprint density at radius 1 is 0.917 bits per heavy atom. The smallest absolute Gasteiger partial charge is 0.234 e. The molecular weight excluding hydrogens is 314 g/mol. The summed E-state index contributed by atoms with van der Waals surface area (Å²) in [5.41, 5.74) is 1.31. The molecule has 3 heteroatoms. The predicted molar refractivity (Wildman–Crippen MR) is 100 cm³/mol. The highest BCUT2D eigenvalue weighted by Gasteiger charge is 2.36. The van der Waals surface area contributed by atoms with Crippen LogP contribution in [0.5, 0.6) is 0 Å². The van der Waals surface area contributed by atoms with Crippen LogP contribution in [0.1, 0.15) is 22.9 Å². The van der Waals surface area contributed by atoms with Crippen LogP contribution in [-0.4, -0.2) is 12.5 Å². The van der Waals surface area contributed by atoms with Gasteiger partial charge in [-0.25, -0.2) is 0 Å². The lowest BCUT2D eigenvalue weighted by Gasteiger charge is -2.29. The lowest BCUT2D eigenvalue weighted by atomic mass is 9.75. The van der Waals surface area contributed by atoms with E-state index in [1.165, 1.54) is 4.88 Å². The van der Waals surface area contributed by atoms with Crippen molar-refractivity contribution in [2.75, 3.05) is 6.54 Å². The number of carbonyl (C=O) groups is 1. The Morgan fingerprint density at radius 2 is 1.50 bits per heavy atom. The number of rotatable bonds is 6. The van der Waals surface area contributed by atoms with E-state index in [2.05, 4.69) is 16.8 Å². The summed E-state index contributed by atoms with van der Waals surface area (Å²) in [5, 5.41) is 5.19. The van der Waals surface area contributed by atoms with Crippen molar-refractivity contribution < 1.29 is 4.79 Å². The molecule has 0 aliphatic rings. The van der Waals surface area contributed by atoms with Gasteiger partial charge in [0.1, 0.15) is 0 Å². The largest absolute Gasteiger partial charge is 0.355 e. The molecule has 2 aromatic carbocycles. The molecule has 24 heavy (non-hydrogen) atoms. The molecule has 0 bridgehead atoms. The molecule has 0 fully saturated rings. The van der Waals surface area contributed by atoms with Crippen LogP contribution >= 0.6 is 11.3 Å². The van der Waals surface area contributed by atoms with Crippen LogP contribution in [0, 0.1) is 0 Å². The molecule has 1 heterocycles. The summed E-state index contributed by atoms with van der Waals surface area (Å²) in [7, 11) is 0. The third-order valence-electron chi connectivity index (χ3n) is 4.39. The first-order valence-corrected chi connectivity index (χ1v) is 9.01. The monoisotopic (exact) mass is 335 g/mol. The second-order valence-electron chi connectivity index (χ2n) is 5.94. The van der Waals surface area contributed by atoms with Gasteiger partial charge in [0.05, 0.1) is 5.41 Å². The standard InChI is InChI=1S/C21H21NOS/c1-21(17-9-4-2-5-10-17,18-11-6-3-7-12-18)20(23)22-15-14-19-13-8-16-24-19/h2-13,16H,14-15H2,1H3,(H,22,23). The maximum atomic E-state index is 13.1. The maximum absolute atomic E-state index is 13.1. The minimum atomic E-state index is -0.696. The van der Waals surface area contributed by atoms with E-state index in [1.807, 2.05) is 73.7 Å². The van der Waals surface area contributed by atoms with Gasteiger partial charge in [0.15, 0.2) is 0 Å². The Labute approximate surface area is 147 Å². The van der Waals surface area contributed by atoms with Crippen molar-refractivity contribution in [1.29, 1.82) is 0 Å². The average molecular weight is 335 g/mol. The first kappa shape index (κ1) is 16.5. The molecule has 0 saturated heterocycles. The van der Waals surface area contributed by atoms with Gasteiger partial charge in [-0.05, 0) is 35.9 Å². The lowest BCUT2D eigenvalue weighted by molar-refractivity contribution is -0.124. The van der Waals surface area contributed by atoms with Crippen LogP contribution in [0.4, 0.5) is 0 Å². The fourth-order valence-electron chi connectivity index (χ4n) is 2.90. The zero-order chi connectivity index (χ0) is 16.8. The number of amides is 1. The van der Waals surface area contributed by atoms with E-state index < -0.39 is 5.41 Å². The normalized spacial score (nSPS) is 11.2. The zero-order valence-electron chi connectivity index (χ0n) is 13.7. The molecule has 0 atom stereocenters. The maximum Gasteiger partial charge on any atom is 0.234 e. The summed E-state index contributed by atoms with van der Waals surface area (Å²) >= 11 is 1.72. The highest BCUT2D eigenvalue weighted by molar-refractivity contribution is 7.09. The highest BCUT2D eigenvalue weighted by atomic mass is 32.1. The number of benzene rings is 2. The van der Waals surface area contributed by atoms with Crippen molar-refractivity contribution in [2.24, 2.45) is 0 Å². The van der Waals surface area contributed by atoms with Gasteiger partial charge in [0, 0.05) is 11.4 Å². The number of nitrogens with one attached hydrogen (secondary N) is 1. The Balaban J connectivity index is 1.83. The van der Waals surface area contributed by atoms with E-state index in [0.717, 1.165) is 17.5 Å². The van der Waals surface area contributed by atoms with E-state index in [4.69, 9.17) is 0 Å². The second-order valence-corrected chi connectivity index (χ2v) is 6.97. The van der Waals surface area contributed by atoms with Crippen molar-refractivity contribution in [3.8, 4) is 0 Å². The van der Waals surface area contributed by atoms with Gasteiger partial charge in [-0.3, -0.25) is 4.79 Å². The summed E-state index contributed by atoms with van der Waals surface area (Å²) in [6, 6.07) is 24.1. The van der Waals surface area contributed by atoms with Crippen molar-refractivity contribution >= 4 is 17.2 Å². The number of hydrogen-bond acceptors (Lipinski definition) is 2. The third kappa shape index (κ3) is 3.41. The van der Waals surface area contributed by atoms with Gasteiger partial charge in [0.25, 0.3) is 0 Å². The molecule has 122 valence electrons. The van der Waals surface area contributed by atoms with Crippen LogP contribution < -0.4 is 5.32 Å². The SMILES string of the molecule is CC(C(=O)NCCc1cccs1)(c1ccccc1)c1ccccc1. The Kier molecular flexibility index (Phi) is 5.11. The van der Waals surface area contributed by atoms with Gasteiger partial charge >= 0.3 is 0 Å². The quantitative estimate of drug-likeness (QED) is 0.710. The van der Waals surface area contributed by atoms with Crippen LogP contribution in [0.3, 0.4) is 0 Å². The summed E-state index contributed by atoms with van der Waals surface area (Å²) in [6.45, 7) is 2.65. The van der Waals surface area contributed by atoms with Crippen LogP contribution in [-0.2, 0) is 16.6 Å². The predicted octanol–water partition coefficient (Wildman–Crippen LogP) is 4.41. The molecule has 0 unspecified atom stereocenters. The molecule has 0 radical (unpaired) electrons. The number of thiophene rings is 1. The van der Waals surface area contributed by atoms with E-state index in [0.29, 0.717) is 6.54 Å². The van der Waals surface area contributed by atoms with Crippen molar-refractivity contribution in [2.45, 2.75) is 18.8 Å². The minimum absolute atomic E-state index is 0.0384. The highest BCUT2D eigenvalue weighted by Crippen LogP contribution is 2.32. The summed E-state index contributed by atoms with van der Waals surface area (Å²) in [6.07, 6.45) is 0.864. The van der Waals surface area contributed by atoms with Gasteiger partial charge in [-0.2, -0.15) is 0 Å². The Hall–Kier alpha value is -2.39. The summed E-state index contributed by atoms with van der Waals surface area (Å²) < 4.78 is 0. The Bertz CT molecular complexity index is 727. The molecule has 3 aromatic rings. The molecule has 0 aliphatic heterocycles. The van der Waals surface area contributed by atoms with E-state index in [-0.39, 0.29) is 5.91 Å². The fraction of sp³-hybridized carbons (Fsp3) is 0.190. The number of carbonyl (C=O) groups excluding carboxylic acids is 1. The number of hydrogen-bond donors (Lipinski definition) is 1. The molecule has 2 nitrogen and oxygen atoms in total. The van der Waals surface area contributed by atoms with Gasteiger partial charge in [-0.15, -0.1) is 11.3 Å². The van der Waals surface area contributed by atoms with Crippen LogP contribution in [0.25, 0.3) is 0 Å². The Morgan fingerprint density at radius 3 is 2.00 bits per heavy atom. The van der Waals surface area contributed by atoms with Crippen molar-refractivity contribution in [1.82, 2.24) is 5.32 Å². The van der Waals surface area contributed by atoms with Crippen molar-refractivity contribution in [3.63, 3.8) is 0 Å². The molecule has 0 spiro atoms. The topological polar surface area (TPSA) is 29.1 Å². The molecule has 1 aromatic heterocycles. The third-order valence-corrected chi connectivity index (χ3v) is 5.33. The van der Waals surface area contributed by atoms with Crippen LogP contribution in [0.2, 0.25) is 0 Å². The molecule has 0 saturated carbocycles. The molecular formula is C21H21NOS. The molecule has 0 aliphatic carbocycles. The van der Waals surface area contributed by atoms with E-state index in [1.54, 1.807) is 11.3 Å². The van der Waals surface area contributed by atoms with Gasteiger partial charge < -0.3 is 5.32 Å². The summed E-state index contributed by atoms with van der Waals surface area (Å²) in [5.74, 6) is 0.0384. The van der Waals surface area contributed by atoms with Crippen LogP contribution in [0.15, 0.2) is 78.2 Å². The minimum Gasteiger partial charge on any atom is -0.355 e. The van der Waals surface area contributed by atoms with E-state index in [9.17, 15) is 4.79 Å². The van der Waals surface area contributed by atoms with E-state index >= 15 is 0 Å². The molecule has 1 N–H and O–H groups in total. The molecule has 3 rings (SSSR count). The first-order chi connectivity index (χ1) is 11.7. The lowest BCUT2D eigenvalue weighted by Crippen LogP contribution is -2.43. The van der Waals surface area contributed by atoms with Gasteiger partial charge in [-0.1, -0.05) is 66.7 Å². The van der Waals surface area contributed by atoms with Gasteiger partial charge in [0.2, 0.25) is 5.91 Å². The molecule has 1 amide bonds. The fourth-order valence-corrected chi connectivity index (χ4v) is 3.61. The van der Waals surface area contributed by atoms with Crippen molar-refractivity contribution in [3.05, 3.63) is 94.2 Å². The first-order valence-electron chi connectivity index (χ1n) is 8.13. The summed E-state index contributed by atoms with van der Waals surface area (Å²) in [4.78, 5) is 14.4. The zero-order valence-corrected chi connectivity index (χ0v) is 14.6. The second kappa shape index (κ2) is 7.45.